The van der Waals surface area contributed by atoms with Gasteiger partial charge in [0.25, 0.3) is 6.49 Å². The molecule has 0 bridgehead atoms. The number of thiocarbonyl (C=S) groups is 1. The molecule has 3 nitrogen and oxygen atoms in total. The minimum Gasteiger partial charge on any atom is -0.362 e. The van der Waals surface area contributed by atoms with E-state index in [9.17, 15) is 4.57 Å². The summed E-state index contributed by atoms with van der Waals surface area (Å²) in [4.78, 5) is 1.00. The fraction of sp³-hybridized carbons (Fsp3) is 0.133. The van der Waals surface area contributed by atoms with E-state index in [0.29, 0.717) is 11.7 Å². The zero-order valence-electron chi connectivity index (χ0n) is 11.5. The van der Waals surface area contributed by atoms with Crippen LogP contribution >= 0.6 is 30.1 Å². The molecule has 0 amide bonds. The minimum atomic E-state index is -2.85. The molecule has 0 radical (unpaired) electrons. The molecular formula is C15H15N2OPS2. The Labute approximate surface area is 133 Å². The van der Waals surface area contributed by atoms with Crippen LogP contribution in [0.2, 0.25) is 0 Å². The van der Waals surface area contributed by atoms with Crippen molar-refractivity contribution < 1.29 is 4.57 Å². The van der Waals surface area contributed by atoms with E-state index in [2.05, 4.69) is 5.32 Å². The van der Waals surface area contributed by atoms with E-state index < -0.39 is 6.49 Å². The van der Waals surface area contributed by atoms with Gasteiger partial charge < -0.3 is 5.32 Å². The molecule has 1 N–H and O–H groups in total. The number of benzene rings is 2. The lowest BCUT2D eigenvalue weighted by Crippen LogP contribution is -2.37. The third-order valence-corrected chi connectivity index (χ3v) is 8.78. The fourth-order valence-electron chi connectivity index (χ4n) is 2.26. The van der Waals surface area contributed by atoms with E-state index in [1.165, 1.54) is 11.4 Å². The molecule has 108 valence electrons. The summed E-state index contributed by atoms with van der Waals surface area (Å²) in [6, 6.07) is 17.4. The van der Waals surface area contributed by atoms with Gasteiger partial charge in [-0.2, -0.15) is 0 Å². The van der Waals surface area contributed by atoms with Gasteiger partial charge >= 0.3 is 0 Å². The predicted molar refractivity (Wildman–Crippen MR) is 94.7 cm³/mol. The Morgan fingerprint density at radius 2 is 1.86 bits per heavy atom. The molecule has 6 heteroatoms. The van der Waals surface area contributed by atoms with E-state index in [-0.39, 0.29) is 0 Å². The number of fused-ring (bicyclic) bond motifs is 1. The maximum atomic E-state index is 13.7. The normalized spacial score (nSPS) is 20.1. The lowest BCUT2D eigenvalue weighted by atomic mass is 10.3. The van der Waals surface area contributed by atoms with Gasteiger partial charge in [0.1, 0.15) is 0 Å². The van der Waals surface area contributed by atoms with Crippen molar-refractivity contribution in [3.05, 3.63) is 54.6 Å². The van der Waals surface area contributed by atoms with E-state index in [1.54, 1.807) is 4.67 Å². The summed E-state index contributed by atoms with van der Waals surface area (Å²) in [6.45, 7) is -0.168. The molecule has 3 rings (SSSR count). The summed E-state index contributed by atoms with van der Waals surface area (Å²) in [5.41, 5.74) is 0.917. The first-order valence-corrected chi connectivity index (χ1v) is 10.2. The first-order valence-electron chi connectivity index (χ1n) is 6.69. The molecule has 0 aromatic heterocycles. The number of anilines is 1. The molecule has 0 spiro atoms. The van der Waals surface area contributed by atoms with Crippen LogP contribution in [0.5, 0.6) is 0 Å². The molecule has 21 heavy (non-hydrogen) atoms. The van der Waals surface area contributed by atoms with Crippen LogP contribution in [0.1, 0.15) is 6.92 Å². The van der Waals surface area contributed by atoms with Crippen molar-refractivity contribution in [3.8, 4) is 0 Å². The number of hydrogen-bond acceptors (Lipinski definition) is 3. The quantitative estimate of drug-likeness (QED) is 0.663. The van der Waals surface area contributed by atoms with Crippen molar-refractivity contribution >= 4 is 46.2 Å². The summed E-state index contributed by atoms with van der Waals surface area (Å²) >= 11 is 6.88. The van der Waals surface area contributed by atoms with Gasteiger partial charge in [0, 0.05) is 16.7 Å². The molecular weight excluding hydrogens is 319 g/mol. The van der Waals surface area contributed by atoms with Crippen LogP contribution in [-0.4, -0.2) is 11.7 Å². The van der Waals surface area contributed by atoms with E-state index in [4.69, 9.17) is 12.2 Å². The lowest BCUT2D eigenvalue weighted by molar-refractivity contribution is 0.591. The Kier molecular flexibility index (Phi) is 4.07. The Balaban J connectivity index is 2.13. The molecule has 0 fully saturated rings. The smallest absolute Gasteiger partial charge is 0.265 e. The van der Waals surface area contributed by atoms with E-state index >= 15 is 0 Å². The SMILES string of the molecule is CCNC(=S)N1c2ccccc2SP1(=O)c1ccccc1. The Bertz CT molecular complexity index is 721. The molecule has 2 aromatic rings. The number of hydrogen-bond donors (Lipinski definition) is 1. The van der Waals surface area contributed by atoms with Crippen LogP contribution < -0.4 is 15.3 Å². The van der Waals surface area contributed by atoms with Crippen LogP contribution in [0.25, 0.3) is 0 Å². The highest BCUT2D eigenvalue weighted by Crippen LogP contribution is 2.71. The maximum absolute atomic E-state index is 13.7. The second-order valence-electron chi connectivity index (χ2n) is 4.56. The fourth-order valence-corrected chi connectivity index (χ4v) is 8.17. The topological polar surface area (TPSA) is 32.3 Å². The molecule has 1 heterocycles. The molecule has 2 aromatic carbocycles. The minimum absolute atomic E-state index is 0.516. The second-order valence-corrected chi connectivity index (χ2v) is 9.56. The third-order valence-electron chi connectivity index (χ3n) is 3.18. The molecule has 1 aliphatic rings. The van der Waals surface area contributed by atoms with E-state index in [1.807, 2.05) is 61.5 Å². The first-order chi connectivity index (χ1) is 10.2. The van der Waals surface area contributed by atoms with Crippen LogP contribution in [0.3, 0.4) is 0 Å². The molecule has 0 aliphatic carbocycles. The highest BCUT2D eigenvalue weighted by molar-refractivity contribution is 8.61. The lowest BCUT2D eigenvalue weighted by Gasteiger charge is -2.27. The van der Waals surface area contributed by atoms with Gasteiger partial charge in [0.2, 0.25) is 0 Å². The average Bonchev–Trinajstić information content (AvgIpc) is 2.81. The summed E-state index contributed by atoms with van der Waals surface area (Å²) in [7, 11) is 0. The summed E-state index contributed by atoms with van der Waals surface area (Å²) in [5, 5.41) is 4.45. The number of nitrogens with zero attached hydrogens (tertiary/aromatic N) is 1. The van der Waals surface area contributed by atoms with Crippen molar-refractivity contribution in [2.24, 2.45) is 0 Å². The van der Waals surface area contributed by atoms with Crippen LogP contribution in [0, 0.1) is 0 Å². The van der Waals surface area contributed by atoms with Crippen LogP contribution in [-0.2, 0) is 4.57 Å². The summed E-state index contributed by atoms with van der Waals surface area (Å²) in [6.07, 6.45) is 0. The number of para-hydroxylation sites is 1. The van der Waals surface area contributed by atoms with Crippen molar-refractivity contribution in [2.75, 3.05) is 11.2 Å². The number of rotatable bonds is 2. The highest BCUT2D eigenvalue weighted by Gasteiger charge is 2.43. The average molecular weight is 334 g/mol. The summed E-state index contributed by atoms with van der Waals surface area (Å²) < 4.78 is 15.5. The van der Waals surface area contributed by atoms with Crippen molar-refractivity contribution in [3.63, 3.8) is 0 Å². The largest absolute Gasteiger partial charge is 0.362 e. The summed E-state index contributed by atoms with van der Waals surface area (Å²) in [5.74, 6) is 0. The van der Waals surface area contributed by atoms with Gasteiger partial charge in [-0.15, -0.1) is 0 Å². The maximum Gasteiger partial charge on any atom is 0.265 e. The molecule has 1 atom stereocenters. The van der Waals surface area contributed by atoms with Gasteiger partial charge in [-0.3, -0.25) is 9.24 Å². The van der Waals surface area contributed by atoms with E-state index in [0.717, 1.165) is 15.9 Å². The standard InChI is InChI=1S/C15H15N2OPS2/c1-2-16-15(20)17-13-10-6-7-11-14(13)21-19(17,18)12-8-4-3-5-9-12/h3-11H,2H2,1H3,(H,16,20). The van der Waals surface area contributed by atoms with Crippen LogP contribution in [0.4, 0.5) is 5.69 Å². The van der Waals surface area contributed by atoms with Gasteiger partial charge in [0.15, 0.2) is 5.11 Å². The Morgan fingerprint density at radius 1 is 1.19 bits per heavy atom. The Morgan fingerprint density at radius 3 is 2.57 bits per heavy atom. The predicted octanol–water partition coefficient (Wildman–Crippen LogP) is 4.01. The molecule has 0 saturated carbocycles. The third kappa shape index (κ3) is 2.50. The molecule has 1 unspecified atom stereocenters. The van der Waals surface area contributed by atoms with Gasteiger partial charge in [0.05, 0.1) is 5.69 Å². The van der Waals surface area contributed by atoms with Gasteiger partial charge in [-0.1, -0.05) is 30.3 Å². The Hall–Kier alpha value is -1.29. The van der Waals surface area contributed by atoms with Gasteiger partial charge in [-0.25, -0.2) is 0 Å². The highest BCUT2D eigenvalue weighted by atomic mass is 32.7. The monoisotopic (exact) mass is 334 g/mol. The first kappa shape index (κ1) is 14.6. The number of nitrogens with one attached hydrogen (secondary N) is 1. The zero-order valence-corrected chi connectivity index (χ0v) is 14.0. The molecule has 1 aliphatic heterocycles. The van der Waals surface area contributed by atoms with Crippen molar-refractivity contribution in [2.45, 2.75) is 11.8 Å². The second kappa shape index (κ2) is 5.84. The van der Waals surface area contributed by atoms with Gasteiger partial charge in [-0.05, 0) is 54.8 Å². The molecule has 0 saturated heterocycles. The zero-order chi connectivity index (χ0) is 14.9. The van der Waals surface area contributed by atoms with Crippen molar-refractivity contribution in [1.29, 1.82) is 0 Å². The van der Waals surface area contributed by atoms with Crippen LogP contribution in [0.15, 0.2) is 59.5 Å². The van der Waals surface area contributed by atoms with Crippen molar-refractivity contribution in [1.82, 2.24) is 5.32 Å².